The minimum absolute atomic E-state index is 0.119. The van der Waals surface area contributed by atoms with E-state index in [9.17, 15) is 9.59 Å². The monoisotopic (exact) mass is 472 g/mol. The zero-order chi connectivity index (χ0) is 23.8. The Morgan fingerprint density at radius 2 is 1.79 bits per heavy atom. The molecule has 1 heterocycles. The highest BCUT2D eigenvalue weighted by molar-refractivity contribution is 7.16. The smallest absolute Gasteiger partial charge is 0.338 e. The van der Waals surface area contributed by atoms with Gasteiger partial charge in [-0.3, -0.25) is 4.79 Å². The minimum atomic E-state index is -0.378. The van der Waals surface area contributed by atoms with Gasteiger partial charge in [-0.25, -0.2) is 4.79 Å². The van der Waals surface area contributed by atoms with Gasteiger partial charge in [-0.2, -0.15) is 4.99 Å². The fourth-order valence-corrected chi connectivity index (χ4v) is 4.44. The van der Waals surface area contributed by atoms with Crippen LogP contribution in [0.15, 0.2) is 41.4 Å². The Morgan fingerprint density at radius 3 is 2.48 bits per heavy atom. The Bertz CT molecular complexity index is 1200. The number of amides is 1. The molecule has 1 amide bonds. The Morgan fingerprint density at radius 1 is 1.00 bits per heavy atom. The number of hydrogen-bond donors (Lipinski definition) is 0. The Kier molecular flexibility index (Phi) is 8.62. The normalized spacial score (nSPS) is 11.6. The van der Waals surface area contributed by atoms with Gasteiger partial charge >= 0.3 is 5.97 Å². The van der Waals surface area contributed by atoms with Crippen molar-refractivity contribution in [3.63, 3.8) is 0 Å². The first-order chi connectivity index (χ1) is 16.0. The molecule has 0 radical (unpaired) electrons. The number of fused-ring (bicyclic) bond motifs is 1. The van der Waals surface area contributed by atoms with E-state index in [1.807, 2.05) is 23.6 Å². The summed E-state index contributed by atoms with van der Waals surface area (Å²) in [5, 5.41) is 0. The molecule has 0 N–H and O–H groups in total. The van der Waals surface area contributed by atoms with E-state index < -0.39 is 0 Å². The first-order valence-corrected chi connectivity index (χ1v) is 11.5. The minimum Gasteiger partial charge on any atom is -0.493 e. The van der Waals surface area contributed by atoms with Crippen molar-refractivity contribution in [1.29, 1.82) is 0 Å². The molecular formula is C24H28N2O6S. The molecule has 0 aliphatic rings. The first kappa shape index (κ1) is 24.5. The van der Waals surface area contributed by atoms with Crippen molar-refractivity contribution in [2.45, 2.75) is 26.8 Å². The maximum Gasteiger partial charge on any atom is 0.338 e. The third kappa shape index (κ3) is 6.00. The summed E-state index contributed by atoms with van der Waals surface area (Å²) in [5.41, 5.74) is 2.11. The van der Waals surface area contributed by atoms with Gasteiger partial charge in [0.15, 0.2) is 16.3 Å². The van der Waals surface area contributed by atoms with Crippen molar-refractivity contribution in [1.82, 2.24) is 4.57 Å². The van der Waals surface area contributed by atoms with Crippen LogP contribution in [0.25, 0.3) is 10.2 Å². The fourth-order valence-electron chi connectivity index (χ4n) is 3.33. The number of thiazole rings is 1. The van der Waals surface area contributed by atoms with Gasteiger partial charge in [-0.1, -0.05) is 17.4 Å². The largest absolute Gasteiger partial charge is 0.493 e. The maximum atomic E-state index is 12.8. The van der Waals surface area contributed by atoms with E-state index >= 15 is 0 Å². The van der Waals surface area contributed by atoms with Crippen LogP contribution in [-0.4, -0.2) is 50.5 Å². The molecule has 0 aliphatic heterocycles. The fraction of sp³-hybridized carbons (Fsp3) is 0.375. The number of benzene rings is 2. The van der Waals surface area contributed by atoms with Crippen LogP contribution in [0.4, 0.5) is 0 Å². The van der Waals surface area contributed by atoms with Gasteiger partial charge < -0.3 is 23.5 Å². The van der Waals surface area contributed by atoms with Crippen LogP contribution in [0.3, 0.4) is 0 Å². The molecule has 3 rings (SSSR count). The Labute approximate surface area is 196 Å². The zero-order valence-electron chi connectivity index (χ0n) is 19.3. The van der Waals surface area contributed by atoms with E-state index in [0.717, 1.165) is 15.8 Å². The Balaban J connectivity index is 1.95. The molecule has 8 nitrogen and oxygen atoms in total. The third-order valence-corrected chi connectivity index (χ3v) is 5.92. The van der Waals surface area contributed by atoms with E-state index in [0.29, 0.717) is 48.2 Å². The van der Waals surface area contributed by atoms with Gasteiger partial charge in [0.25, 0.3) is 5.91 Å². The topological polar surface area (TPSA) is 88.4 Å². The molecule has 0 fully saturated rings. The molecule has 1 aromatic heterocycles. The van der Waals surface area contributed by atoms with Crippen molar-refractivity contribution in [2.24, 2.45) is 4.99 Å². The molecule has 3 aromatic rings. The lowest BCUT2D eigenvalue weighted by Crippen LogP contribution is -2.20. The summed E-state index contributed by atoms with van der Waals surface area (Å²) < 4.78 is 24.0. The number of rotatable bonds is 10. The summed E-state index contributed by atoms with van der Waals surface area (Å²) in [6, 6.07) is 10.7. The molecule has 0 bridgehead atoms. The predicted molar refractivity (Wildman–Crippen MR) is 126 cm³/mol. The molecule has 0 saturated carbocycles. The molecular weight excluding hydrogens is 444 g/mol. The Hall–Kier alpha value is -3.17. The van der Waals surface area contributed by atoms with Crippen molar-refractivity contribution in [3.8, 4) is 11.5 Å². The average molecular weight is 473 g/mol. The summed E-state index contributed by atoms with van der Waals surface area (Å²) in [7, 11) is 3.12. The van der Waals surface area contributed by atoms with Crippen LogP contribution in [-0.2, 0) is 27.2 Å². The third-order valence-electron chi connectivity index (χ3n) is 4.88. The van der Waals surface area contributed by atoms with Crippen molar-refractivity contribution in [3.05, 3.63) is 52.3 Å². The second kappa shape index (κ2) is 11.6. The van der Waals surface area contributed by atoms with Crippen LogP contribution in [0.1, 0.15) is 29.8 Å². The van der Waals surface area contributed by atoms with Crippen molar-refractivity contribution >= 4 is 33.4 Å². The second-order valence-electron chi connectivity index (χ2n) is 7.01. The van der Waals surface area contributed by atoms with Gasteiger partial charge in [0.1, 0.15) is 0 Å². The molecule has 176 valence electrons. The zero-order valence-corrected chi connectivity index (χ0v) is 20.1. The maximum absolute atomic E-state index is 12.8. The first-order valence-electron chi connectivity index (χ1n) is 10.7. The lowest BCUT2D eigenvalue weighted by molar-refractivity contribution is -0.117. The number of methoxy groups -OCH3 is 2. The average Bonchev–Trinajstić information content (AvgIpc) is 3.15. The van der Waals surface area contributed by atoms with Gasteiger partial charge in [0.05, 0.1) is 49.6 Å². The van der Waals surface area contributed by atoms with Crippen LogP contribution in [0, 0.1) is 0 Å². The summed E-state index contributed by atoms with van der Waals surface area (Å²) in [6.07, 6.45) is 0.119. The van der Waals surface area contributed by atoms with Crippen LogP contribution >= 0.6 is 11.3 Å². The van der Waals surface area contributed by atoms with E-state index in [4.69, 9.17) is 18.9 Å². The quantitative estimate of drug-likeness (QED) is 0.331. The molecule has 0 aliphatic carbocycles. The molecule has 0 atom stereocenters. The molecule has 0 unspecified atom stereocenters. The molecule has 0 spiro atoms. The molecule has 0 saturated heterocycles. The van der Waals surface area contributed by atoms with E-state index in [-0.39, 0.29) is 18.3 Å². The van der Waals surface area contributed by atoms with Crippen LogP contribution in [0.5, 0.6) is 11.5 Å². The summed E-state index contributed by atoms with van der Waals surface area (Å²) in [5.74, 6) is 0.491. The van der Waals surface area contributed by atoms with E-state index in [2.05, 4.69) is 4.99 Å². The summed E-state index contributed by atoms with van der Waals surface area (Å²) in [4.78, 5) is 29.9. The van der Waals surface area contributed by atoms with Crippen molar-refractivity contribution in [2.75, 3.05) is 34.0 Å². The van der Waals surface area contributed by atoms with Gasteiger partial charge in [0.2, 0.25) is 0 Å². The highest BCUT2D eigenvalue weighted by Gasteiger charge is 2.13. The lowest BCUT2D eigenvalue weighted by Gasteiger charge is -2.08. The summed E-state index contributed by atoms with van der Waals surface area (Å²) in [6.45, 7) is 5.62. The molecule has 33 heavy (non-hydrogen) atoms. The van der Waals surface area contributed by atoms with Crippen molar-refractivity contribution < 1.29 is 28.5 Å². The number of nitrogens with zero attached hydrogens (tertiary/aromatic N) is 2. The molecule has 2 aromatic carbocycles. The van der Waals surface area contributed by atoms with Crippen LogP contribution < -0.4 is 14.3 Å². The number of esters is 1. The number of aromatic nitrogens is 1. The highest BCUT2D eigenvalue weighted by atomic mass is 32.1. The molecule has 9 heteroatoms. The highest BCUT2D eigenvalue weighted by Crippen LogP contribution is 2.27. The SMILES string of the molecule is CCOCCn1c(=NC(=O)Cc2ccc(OC)c(OC)c2)sc2cc(C(=O)OCC)ccc21. The number of ether oxygens (including phenoxy) is 4. The summed E-state index contributed by atoms with van der Waals surface area (Å²) >= 11 is 1.35. The predicted octanol–water partition coefficient (Wildman–Crippen LogP) is 3.60. The van der Waals surface area contributed by atoms with Crippen LogP contribution in [0.2, 0.25) is 0 Å². The number of carbonyl (C=O) groups excluding carboxylic acids is 2. The standard InChI is InChI=1S/C24H28N2O6S/c1-5-31-12-11-26-18-9-8-17(23(28)32-6-2)15-21(18)33-24(26)25-22(27)14-16-7-10-19(29-3)20(13-16)30-4/h7-10,13,15H,5-6,11-12,14H2,1-4H3. The second-order valence-corrected chi connectivity index (χ2v) is 8.02. The van der Waals surface area contributed by atoms with Gasteiger partial charge in [-0.15, -0.1) is 0 Å². The number of carbonyl (C=O) groups is 2. The lowest BCUT2D eigenvalue weighted by atomic mass is 10.1. The van der Waals surface area contributed by atoms with Gasteiger partial charge in [0, 0.05) is 13.2 Å². The van der Waals surface area contributed by atoms with E-state index in [1.165, 1.54) is 11.3 Å². The van der Waals surface area contributed by atoms with Gasteiger partial charge in [-0.05, 0) is 49.7 Å². The number of hydrogen-bond acceptors (Lipinski definition) is 7. The van der Waals surface area contributed by atoms with E-state index in [1.54, 1.807) is 45.4 Å².